The van der Waals surface area contributed by atoms with Crippen molar-refractivity contribution in [3.05, 3.63) is 28.4 Å². The number of fused-ring (bicyclic) bond motifs is 1. The van der Waals surface area contributed by atoms with Gasteiger partial charge in [0.1, 0.15) is 11.3 Å². The minimum Gasteiger partial charge on any atom is -0.496 e. The molecule has 5 nitrogen and oxygen atoms in total. The van der Waals surface area contributed by atoms with Gasteiger partial charge in [0.05, 0.1) is 12.5 Å². The lowest BCUT2D eigenvalue weighted by Gasteiger charge is -2.46. The van der Waals surface area contributed by atoms with E-state index in [0.717, 1.165) is 18.2 Å². The molecule has 1 aromatic carbocycles. The normalized spacial score (nSPS) is 19.8. The number of benzene rings is 1. The van der Waals surface area contributed by atoms with Crippen LogP contribution in [-0.2, 0) is 0 Å². The average Bonchev–Trinajstić information content (AvgIpc) is 2.82. The number of rotatable bonds is 3. The molecule has 6 heteroatoms. The van der Waals surface area contributed by atoms with Crippen LogP contribution in [0.1, 0.15) is 50.9 Å². The Balaban J connectivity index is 1.85. The number of carbonyl (C=O) groups excluding carboxylic acids is 1. The lowest BCUT2D eigenvalue weighted by Crippen LogP contribution is -2.62. The summed E-state index contributed by atoms with van der Waals surface area (Å²) in [5.74, 6) is 0.522. The fraction of sp³-hybridized carbons (Fsp3) is 0.526. The van der Waals surface area contributed by atoms with E-state index >= 15 is 0 Å². The van der Waals surface area contributed by atoms with Crippen molar-refractivity contribution in [1.29, 1.82) is 0 Å². The van der Waals surface area contributed by atoms with E-state index in [-0.39, 0.29) is 23.0 Å². The molecular weight excluding hydrogens is 384 g/mol. The summed E-state index contributed by atoms with van der Waals surface area (Å²) in [6.07, 6.45) is 1.77. The first-order valence-electron chi connectivity index (χ1n) is 8.46. The van der Waals surface area contributed by atoms with E-state index in [1.165, 1.54) is 0 Å². The highest BCUT2D eigenvalue weighted by Crippen LogP contribution is 2.33. The lowest BCUT2D eigenvalue weighted by molar-refractivity contribution is 0.0873. The van der Waals surface area contributed by atoms with E-state index in [1.807, 2.05) is 6.07 Å². The number of carbonyl (C=O) groups is 1. The summed E-state index contributed by atoms with van der Waals surface area (Å²) in [4.78, 5) is 12.8. The molecule has 2 aromatic rings. The topological polar surface area (TPSA) is 63.5 Å². The van der Waals surface area contributed by atoms with Crippen molar-refractivity contribution in [1.82, 2.24) is 10.6 Å². The molecule has 0 aliphatic carbocycles. The summed E-state index contributed by atoms with van der Waals surface area (Å²) in [7, 11) is 1.59. The van der Waals surface area contributed by atoms with Crippen LogP contribution in [0.2, 0.25) is 0 Å². The zero-order chi connectivity index (χ0) is 18.4. The molecule has 1 saturated heterocycles. The third kappa shape index (κ3) is 4.01. The molecule has 136 valence electrons. The molecule has 0 radical (unpaired) electrons. The number of piperidine rings is 1. The quantitative estimate of drug-likeness (QED) is 0.796. The minimum absolute atomic E-state index is 0.0206. The summed E-state index contributed by atoms with van der Waals surface area (Å²) in [5, 5.41) is 7.65. The van der Waals surface area contributed by atoms with Crippen LogP contribution in [0.4, 0.5) is 0 Å². The molecule has 1 aliphatic heterocycles. The molecule has 25 heavy (non-hydrogen) atoms. The number of furan rings is 1. The van der Waals surface area contributed by atoms with Crippen molar-refractivity contribution in [2.75, 3.05) is 7.11 Å². The Bertz CT molecular complexity index is 794. The van der Waals surface area contributed by atoms with Crippen molar-refractivity contribution in [3.63, 3.8) is 0 Å². The van der Waals surface area contributed by atoms with Gasteiger partial charge in [-0.1, -0.05) is 0 Å². The third-order valence-electron chi connectivity index (χ3n) is 4.58. The van der Waals surface area contributed by atoms with E-state index < -0.39 is 0 Å². The smallest absolute Gasteiger partial charge is 0.251 e. The average molecular weight is 409 g/mol. The predicted molar refractivity (Wildman–Crippen MR) is 102 cm³/mol. The number of ether oxygens (including phenoxy) is 1. The first-order valence-corrected chi connectivity index (χ1v) is 9.25. The molecule has 3 rings (SSSR count). The molecule has 2 heterocycles. The van der Waals surface area contributed by atoms with Crippen molar-refractivity contribution in [2.45, 2.75) is 57.7 Å². The van der Waals surface area contributed by atoms with Gasteiger partial charge in [-0.2, -0.15) is 0 Å². The summed E-state index contributed by atoms with van der Waals surface area (Å²) < 4.78 is 11.6. The number of hydrogen-bond acceptors (Lipinski definition) is 4. The summed E-state index contributed by atoms with van der Waals surface area (Å²) in [6.45, 7) is 8.68. The molecule has 0 unspecified atom stereocenters. The second-order valence-electron chi connectivity index (χ2n) is 8.11. The second-order valence-corrected chi connectivity index (χ2v) is 8.89. The van der Waals surface area contributed by atoms with Gasteiger partial charge in [0, 0.05) is 28.7 Å². The lowest BCUT2D eigenvalue weighted by atomic mass is 9.79. The van der Waals surface area contributed by atoms with Crippen molar-refractivity contribution >= 4 is 32.8 Å². The third-order valence-corrected chi connectivity index (χ3v) is 4.97. The van der Waals surface area contributed by atoms with Crippen LogP contribution in [0, 0.1) is 0 Å². The molecule has 0 spiro atoms. The standard InChI is InChI=1S/C19H25BrN2O3/c1-18(2)9-12(10-19(3,4)22-18)21-17(23)11-6-14(24-5)13-8-16(20)25-15(13)7-11/h6-8,12,22H,9-10H2,1-5H3,(H,21,23). The zero-order valence-corrected chi connectivity index (χ0v) is 16.9. The Kier molecular flexibility index (Phi) is 4.62. The number of nitrogens with one attached hydrogen (secondary N) is 2. The Labute approximate surface area is 156 Å². The van der Waals surface area contributed by atoms with Gasteiger partial charge < -0.3 is 19.8 Å². The highest BCUT2D eigenvalue weighted by atomic mass is 79.9. The Morgan fingerprint density at radius 2 is 1.88 bits per heavy atom. The van der Waals surface area contributed by atoms with E-state index in [1.54, 1.807) is 19.2 Å². The van der Waals surface area contributed by atoms with Crippen LogP contribution in [0.25, 0.3) is 11.0 Å². The fourth-order valence-electron chi connectivity index (χ4n) is 4.07. The van der Waals surface area contributed by atoms with Gasteiger partial charge in [0.2, 0.25) is 0 Å². The summed E-state index contributed by atoms with van der Waals surface area (Å²) in [5.41, 5.74) is 1.13. The van der Waals surface area contributed by atoms with Crippen LogP contribution in [-0.4, -0.2) is 30.1 Å². The maximum Gasteiger partial charge on any atom is 0.251 e. The molecule has 1 amide bonds. The van der Waals surface area contributed by atoms with Crippen LogP contribution >= 0.6 is 15.9 Å². The first-order chi connectivity index (χ1) is 11.6. The SMILES string of the molecule is COc1cc(C(=O)NC2CC(C)(C)NC(C)(C)C2)cc2oc(Br)cc12. The number of methoxy groups -OCH3 is 1. The fourth-order valence-corrected chi connectivity index (χ4v) is 4.47. The maximum absolute atomic E-state index is 12.8. The highest BCUT2D eigenvalue weighted by Gasteiger charge is 2.38. The van der Waals surface area contributed by atoms with Crippen LogP contribution in [0.5, 0.6) is 5.75 Å². The van der Waals surface area contributed by atoms with Crippen molar-refractivity contribution < 1.29 is 13.9 Å². The zero-order valence-electron chi connectivity index (χ0n) is 15.3. The molecule has 1 aliphatic rings. The second kappa shape index (κ2) is 6.32. The predicted octanol–water partition coefficient (Wildman–Crippen LogP) is 4.24. The molecule has 0 atom stereocenters. The maximum atomic E-state index is 12.8. The molecule has 1 fully saturated rings. The summed E-state index contributed by atoms with van der Waals surface area (Å²) >= 11 is 3.32. The summed E-state index contributed by atoms with van der Waals surface area (Å²) in [6, 6.07) is 5.48. The highest BCUT2D eigenvalue weighted by molar-refractivity contribution is 9.10. The monoisotopic (exact) mass is 408 g/mol. The number of amides is 1. The largest absolute Gasteiger partial charge is 0.496 e. The Morgan fingerprint density at radius 3 is 2.48 bits per heavy atom. The van der Waals surface area contributed by atoms with E-state index in [4.69, 9.17) is 9.15 Å². The van der Waals surface area contributed by atoms with Gasteiger partial charge in [-0.3, -0.25) is 4.79 Å². The molecule has 2 N–H and O–H groups in total. The molecule has 0 saturated carbocycles. The van der Waals surface area contributed by atoms with Gasteiger partial charge >= 0.3 is 0 Å². The molecular formula is C19H25BrN2O3. The van der Waals surface area contributed by atoms with Gasteiger partial charge in [0.15, 0.2) is 4.67 Å². The number of halogens is 1. The van der Waals surface area contributed by atoms with Gasteiger partial charge in [-0.05, 0) is 68.6 Å². The van der Waals surface area contributed by atoms with Crippen LogP contribution in [0.3, 0.4) is 0 Å². The number of hydrogen-bond donors (Lipinski definition) is 2. The minimum atomic E-state index is -0.105. The van der Waals surface area contributed by atoms with Gasteiger partial charge in [-0.25, -0.2) is 0 Å². The molecule has 0 bridgehead atoms. The van der Waals surface area contributed by atoms with Crippen molar-refractivity contribution in [3.8, 4) is 5.75 Å². The van der Waals surface area contributed by atoms with Gasteiger partial charge in [0.25, 0.3) is 5.91 Å². The molecule has 1 aromatic heterocycles. The van der Waals surface area contributed by atoms with Crippen molar-refractivity contribution in [2.24, 2.45) is 0 Å². The first kappa shape index (κ1) is 18.3. The Morgan fingerprint density at radius 1 is 1.24 bits per heavy atom. The van der Waals surface area contributed by atoms with E-state index in [2.05, 4.69) is 54.3 Å². The van der Waals surface area contributed by atoms with E-state index in [0.29, 0.717) is 21.6 Å². The Hall–Kier alpha value is -1.53. The van der Waals surface area contributed by atoms with Crippen LogP contribution < -0.4 is 15.4 Å². The van der Waals surface area contributed by atoms with E-state index in [9.17, 15) is 4.79 Å². The van der Waals surface area contributed by atoms with Gasteiger partial charge in [-0.15, -0.1) is 0 Å². The van der Waals surface area contributed by atoms with Crippen LogP contribution in [0.15, 0.2) is 27.3 Å².